The second kappa shape index (κ2) is 3.55. The van der Waals surface area contributed by atoms with E-state index in [0.717, 1.165) is 0 Å². The van der Waals surface area contributed by atoms with Crippen LogP contribution in [0.2, 0.25) is 0 Å². The third kappa shape index (κ3) is 1.47. The molecule has 1 saturated carbocycles. The Morgan fingerprint density at radius 2 is 2.00 bits per heavy atom. The first-order valence-corrected chi connectivity index (χ1v) is 5.20. The molecule has 0 aliphatic heterocycles. The fourth-order valence-corrected chi connectivity index (χ4v) is 2.55. The largest absolute Gasteiger partial charge is 0.361 e. The normalized spacial score (nSPS) is 33.1. The number of hydrogen-bond donors (Lipinski definition) is 1. The van der Waals surface area contributed by atoms with Crippen LogP contribution < -0.4 is 5.69 Å². The zero-order chi connectivity index (χ0) is 10.1. The van der Waals surface area contributed by atoms with Crippen molar-refractivity contribution in [3.05, 3.63) is 10.5 Å². The summed E-state index contributed by atoms with van der Waals surface area (Å²) >= 11 is 0. The van der Waals surface area contributed by atoms with Crippen LogP contribution in [0.25, 0.3) is 0 Å². The van der Waals surface area contributed by atoms with Crippen LogP contribution in [0, 0.1) is 11.8 Å². The summed E-state index contributed by atoms with van der Waals surface area (Å²) in [5.74, 6) is 1.03. The van der Waals surface area contributed by atoms with E-state index in [-0.39, 0.29) is 11.7 Å². The predicted molar refractivity (Wildman–Crippen MR) is 51.9 cm³/mol. The molecule has 5 nitrogen and oxygen atoms in total. The highest BCUT2D eigenvalue weighted by Gasteiger charge is 2.31. The molecule has 1 aliphatic carbocycles. The first kappa shape index (κ1) is 9.43. The summed E-state index contributed by atoms with van der Waals surface area (Å²) in [7, 11) is 0. The average molecular weight is 196 g/mol. The van der Waals surface area contributed by atoms with Crippen LogP contribution in [0.4, 0.5) is 0 Å². The van der Waals surface area contributed by atoms with Crippen molar-refractivity contribution in [2.75, 3.05) is 0 Å². The molecule has 1 aromatic rings. The highest BCUT2D eigenvalue weighted by atomic mass is 16.2. The van der Waals surface area contributed by atoms with Gasteiger partial charge >= 0.3 is 5.69 Å². The molecule has 1 heterocycles. The van der Waals surface area contributed by atoms with E-state index in [1.54, 1.807) is 0 Å². The van der Waals surface area contributed by atoms with Crippen molar-refractivity contribution >= 4 is 0 Å². The molecule has 2 unspecified atom stereocenters. The number of nitrogens with one attached hydrogen (secondary N) is 1. The molecular weight excluding hydrogens is 180 g/mol. The number of nitrogens with zero attached hydrogens (tertiary/aromatic N) is 3. The van der Waals surface area contributed by atoms with Gasteiger partial charge in [0.2, 0.25) is 0 Å². The van der Waals surface area contributed by atoms with Gasteiger partial charge in [-0.3, -0.25) is 0 Å². The van der Waals surface area contributed by atoms with Crippen molar-refractivity contribution in [3.63, 3.8) is 0 Å². The molecule has 0 amide bonds. The van der Waals surface area contributed by atoms with Crippen LogP contribution in [0.15, 0.2) is 4.79 Å². The van der Waals surface area contributed by atoms with Gasteiger partial charge in [0.15, 0.2) is 0 Å². The van der Waals surface area contributed by atoms with E-state index in [1.165, 1.54) is 23.9 Å². The lowest BCUT2D eigenvalue weighted by Crippen LogP contribution is -2.34. The molecule has 1 aliphatic rings. The fraction of sp³-hybridized carbons (Fsp3) is 0.889. The summed E-state index contributed by atoms with van der Waals surface area (Å²) in [6.07, 6.45) is 3.61. The van der Waals surface area contributed by atoms with Gasteiger partial charge in [-0.25, -0.2) is 9.89 Å². The van der Waals surface area contributed by atoms with E-state index < -0.39 is 0 Å². The molecule has 2 atom stereocenters. The van der Waals surface area contributed by atoms with Crippen LogP contribution in [0.3, 0.4) is 0 Å². The summed E-state index contributed by atoms with van der Waals surface area (Å²) in [5.41, 5.74) is -0.185. The first-order chi connectivity index (χ1) is 6.70. The summed E-state index contributed by atoms with van der Waals surface area (Å²) in [4.78, 5) is 11.4. The Balaban J connectivity index is 2.31. The highest BCUT2D eigenvalue weighted by molar-refractivity contribution is 4.81. The number of aromatic nitrogens is 4. The number of hydrogen-bond acceptors (Lipinski definition) is 3. The molecule has 2 rings (SSSR count). The minimum absolute atomic E-state index is 0.185. The molecule has 1 aromatic heterocycles. The quantitative estimate of drug-likeness (QED) is 0.727. The molecule has 1 N–H and O–H groups in total. The Morgan fingerprint density at radius 1 is 1.36 bits per heavy atom. The van der Waals surface area contributed by atoms with Crippen molar-refractivity contribution in [1.82, 2.24) is 20.2 Å². The second-order valence-corrected chi connectivity index (χ2v) is 4.33. The van der Waals surface area contributed by atoms with Gasteiger partial charge in [-0.1, -0.05) is 20.3 Å². The first-order valence-electron chi connectivity index (χ1n) is 5.20. The van der Waals surface area contributed by atoms with E-state index >= 15 is 0 Å². The molecule has 0 radical (unpaired) electrons. The fourth-order valence-electron chi connectivity index (χ4n) is 2.55. The molecule has 78 valence electrons. The van der Waals surface area contributed by atoms with E-state index in [0.29, 0.717) is 11.8 Å². The summed E-state index contributed by atoms with van der Waals surface area (Å²) in [6.45, 7) is 4.36. The third-order valence-electron chi connectivity index (χ3n) is 3.26. The Bertz CT molecular complexity index is 346. The third-order valence-corrected chi connectivity index (χ3v) is 3.26. The maximum Gasteiger partial charge on any atom is 0.361 e. The van der Waals surface area contributed by atoms with E-state index in [1.807, 2.05) is 0 Å². The smallest absolute Gasteiger partial charge is 0.245 e. The molecular formula is C9H16N4O. The monoisotopic (exact) mass is 196 g/mol. The van der Waals surface area contributed by atoms with E-state index in [9.17, 15) is 4.79 Å². The van der Waals surface area contributed by atoms with Gasteiger partial charge in [0.1, 0.15) is 0 Å². The molecule has 0 bridgehead atoms. The molecule has 5 heteroatoms. The van der Waals surface area contributed by atoms with Crippen LogP contribution in [-0.2, 0) is 0 Å². The summed E-state index contributed by atoms with van der Waals surface area (Å²) < 4.78 is 1.51. The number of aromatic amines is 1. The number of tetrazole rings is 1. The van der Waals surface area contributed by atoms with Gasteiger partial charge in [-0.2, -0.15) is 4.68 Å². The standard InChI is InChI=1S/C9H16N4O/c1-6-4-3-5-7(2)8(6)13-9(14)10-11-12-13/h6-8H,3-5H2,1-2H3,(H,10,12,14). The van der Waals surface area contributed by atoms with Crippen molar-refractivity contribution in [2.45, 2.75) is 39.2 Å². The van der Waals surface area contributed by atoms with Crippen molar-refractivity contribution in [1.29, 1.82) is 0 Å². The molecule has 0 saturated heterocycles. The van der Waals surface area contributed by atoms with Crippen molar-refractivity contribution in [3.8, 4) is 0 Å². The van der Waals surface area contributed by atoms with Crippen LogP contribution in [-0.4, -0.2) is 20.2 Å². The maximum atomic E-state index is 11.4. The average Bonchev–Trinajstić information content (AvgIpc) is 2.52. The second-order valence-electron chi connectivity index (χ2n) is 4.33. The summed E-state index contributed by atoms with van der Waals surface area (Å²) in [6, 6.07) is 0.218. The lowest BCUT2D eigenvalue weighted by Gasteiger charge is -2.33. The van der Waals surface area contributed by atoms with Gasteiger partial charge in [-0.05, 0) is 35.1 Å². The maximum absolute atomic E-state index is 11.4. The topological polar surface area (TPSA) is 63.6 Å². The van der Waals surface area contributed by atoms with E-state index in [4.69, 9.17) is 0 Å². The molecule has 0 aromatic carbocycles. The van der Waals surface area contributed by atoms with Crippen LogP contribution in [0.1, 0.15) is 39.2 Å². The van der Waals surface area contributed by atoms with E-state index in [2.05, 4.69) is 29.4 Å². The number of rotatable bonds is 1. The lowest BCUT2D eigenvalue weighted by molar-refractivity contribution is 0.164. The van der Waals surface area contributed by atoms with Crippen LogP contribution in [0.5, 0.6) is 0 Å². The molecule has 0 spiro atoms. The Labute approximate surface area is 82.5 Å². The minimum atomic E-state index is -0.185. The lowest BCUT2D eigenvalue weighted by atomic mass is 9.79. The Hall–Kier alpha value is -1.13. The zero-order valence-electron chi connectivity index (χ0n) is 8.60. The highest BCUT2D eigenvalue weighted by Crippen LogP contribution is 2.36. The SMILES string of the molecule is CC1CCCC(C)C1n1nn[nH]c1=O. The van der Waals surface area contributed by atoms with Crippen LogP contribution >= 0.6 is 0 Å². The van der Waals surface area contributed by atoms with Crippen molar-refractivity contribution < 1.29 is 0 Å². The summed E-state index contributed by atoms with van der Waals surface area (Å²) in [5, 5.41) is 9.73. The molecule has 14 heavy (non-hydrogen) atoms. The van der Waals surface area contributed by atoms with Crippen molar-refractivity contribution in [2.24, 2.45) is 11.8 Å². The Morgan fingerprint density at radius 3 is 2.50 bits per heavy atom. The van der Waals surface area contributed by atoms with Gasteiger partial charge in [-0.15, -0.1) is 0 Å². The predicted octanol–water partition coefficient (Wildman–Crippen LogP) is 0.964. The van der Waals surface area contributed by atoms with Gasteiger partial charge in [0, 0.05) is 0 Å². The molecule has 1 fully saturated rings. The van der Waals surface area contributed by atoms with Gasteiger partial charge in [0.25, 0.3) is 0 Å². The zero-order valence-corrected chi connectivity index (χ0v) is 8.60. The Kier molecular flexibility index (Phi) is 2.39. The van der Waals surface area contributed by atoms with Gasteiger partial charge < -0.3 is 0 Å². The number of H-pyrrole nitrogens is 1. The van der Waals surface area contributed by atoms with Gasteiger partial charge in [0.05, 0.1) is 6.04 Å². The minimum Gasteiger partial charge on any atom is -0.245 e.